The molecule has 0 aliphatic carbocycles. The average Bonchev–Trinajstić information content (AvgIpc) is 2.43. The van der Waals surface area contributed by atoms with Crippen molar-refractivity contribution in [3.8, 4) is 0 Å². The van der Waals surface area contributed by atoms with Crippen LogP contribution in [0.1, 0.15) is 38.1 Å². The van der Waals surface area contributed by atoms with Gasteiger partial charge in [-0.15, -0.1) is 0 Å². The summed E-state index contributed by atoms with van der Waals surface area (Å²) in [4.78, 5) is 23.2. The molecule has 0 fully saturated rings. The number of nitrogens with one attached hydrogen (secondary N) is 3. The number of ether oxygens (including phenoxy) is 1. The van der Waals surface area contributed by atoms with Gasteiger partial charge in [-0.1, -0.05) is 6.07 Å². The molecule has 3 N–H and O–H groups in total. The lowest BCUT2D eigenvalue weighted by atomic mass is 10.1. The summed E-state index contributed by atoms with van der Waals surface area (Å²) in [6, 6.07) is 7.18. The SMILES string of the molecule is CNC(=O)c1cccc(NC(C)CNC(=O)OC(C)(C)C)c1. The first-order valence-electron chi connectivity index (χ1n) is 7.27. The number of carbonyl (C=O) groups excluding carboxylic acids is 2. The molecule has 122 valence electrons. The maximum absolute atomic E-state index is 11.6. The minimum absolute atomic E-state index is 0.00699. The Bertz CT molecular complexity index is 524. The molecule has 0 bridgehead atoms. The number of alkyl carbamates (subject to hydrolysis) is 1. The maximum atomic E-state index is 11.6. The van der Waals surface area contributed by atoms with Crippen LogP contribution >= 0.6 is 0 Å². The van der Waals surface area contributed by atoms with Crippen LogP contribution in [0.2, 0.25) is 0 Å². The molecule has 1 rings (SSSR count). The van der Waals surface area contributed by atoms with Crippen LogP contribution in [0.5, 0.6) is 0 Å². The molecular weight excluding hydrogens is 282 g/mol. The van der Waals surface area contributed by atoms with Gasteiger partial charge >= 0.3 is 6.09 Å². The van der Waals surface area contributed by atoms with E-state index in [0.717, 1.165) is 5.69 Å². The largest absolute Gasteiger partial charge is 0.444 e. The summed E-state index contributed by atoms with van der Waals surface area (Å²) in [5.41, 5.74) is 0.891. The van der Waals surface area contributed by atoms with Gasteiger partial charge in [-0.25, -0.2) is 4.79 Å². The zero-order chi connectivity index (χ0) is 16.8. The third-order valence-corrected chi connectivity index (χ3v) is 2.72. The van der Waals surface area contributed by atoms with Crippen LogP contribution in [0.15, 0.2) is 24.3 Å². The Morgan fingerprint density at radius 3 is 2.55 bits per heavy atom. The Balaban J connectivity index is 2.50. The number of hydrogen-bond acceptors (Lipinski definition) is 4. The summed E-state index contributed by atoms with van der Waals surface area (Å²) in [6.07, 6.45) is -0.444. The third kappa shape index (κ3) is 6.47. The number of benzene rings is 1. The van der Waals surface area contributed by atoms with Crippen LogP contribution in [0.4, 0.5) is 10.5 Å². The summed E-state index contributed by atoms with van der Waals surface area (Å²) in [5.74, 6) is -0.136. The van der Waals surface area contributed by atoms with Gasteiger partial charge in [0.25, 0.3) is 5.91 Å². The quantitative estimate of drug-likeness (QED) is 0.780. The van der Waals surface area contributed by atoms with Crippen LogP contribution in [0.25, 0.3) is 0 Å². The predicted molar refractivity (Wildman–Crippen MR) is 87.2 cm³/mol. The molecule has 6 heteroatoms. The van der Waals surface area contributed by atoms with E-state index in [0.29, 0.717) is 12.1 Å². The second kappa shape index (κ2) is 7.68. The Morgan fingerprint density at radius 2 is 1.95 bits per heavy atom. The molecule has 0 aromatic heterocycles. The molecule has 0 saturated heterocycles. The first kappa shape index (κ1) is 17.8. The molecule has 1 atom stereocenters. The first-order valence-corrected chi connectivity index (χ1v) is 7.27. The Hall–Kier alpha value is -2.24. The van der Waals surface area contributed by atoms with Gasteiger partial charge in [0.15, 0.2) is 0 Å². The van der Waals surface area contributed by atoms with E-state index < -0.39 is 11.7 Å². The zero-order valence-electron chi connectivity index (χ0n) is 13.8. The Kier molecular flexibility index (Phi) is 6.22. The smallest absolute Gasteiger partial charge is 0.407 e. The standard InChI is InChI=1S/C16H25N3O3/c1-11(10-18-15(21)22-16(2,3)4)19-13-8-6-7-12(9-13)14(20)17-5/h6-9,11,19H,10H2,1-5H3,(H,17,20)(H,18,21). The van der Waals surface area contributed by atoms with Gasteiger partial charge < -0.3 is 20.7 Å². The molecule has 6 nitrogen and oxygen atoms in total. The Labute approximate surface area is 131 Å². The second-order valence-corrected chi connectivity index (χ2v) is 6.09. The fourth-order valence-corrected chi connectivity index (χ4v) is 1.78. The summed E-state index contributed by atoms with van der Waals surface area (Å²) >= 11 is 0. The molecular formula is C16H25N3O3. The van der Waals surface area contributed by atoms with Crippen molar-refractivity contribution in [2.24, 2.45) is 0 Å². The first-order chi connectivity index (χ1) is 10.2. The summed E-state index contributed by atoms with van der Waals surface area (Å²) in [7, 11) is 1.59. The molecule has 0 aliphatic rings. The highest BCUT2D eigenvalue weighted by molar-refractivity contribution is 5.94. The van der Waals surface area contributed by atoms with Crippen molar-refractivity contribution in [2.45, 2.75) is 39.3 Å². The van der Waals surface area contributed by atoms with Gasteiger partial charge in [0.05, 0.1) is 0 Å². The molecule has 0 saturated carbocycles. The van der Waals surface area contributed by atoms with E-state index in [1.165, 1.54) is 0 Å². The number of rotatable bonds is 5. The molecule has 1 unspecified atom stereocenters. The van der Waals surface area contributed by atoms with E-state index in [1.807, 2.05) is 33.8 Å². The van der Waals surface area contributed by atoms with Gasteiger partial charge in [-0.3, -0.25) is 4.79 Å². The summed E-state index contributed by atoms with van der Waals surface area (Å²) < 4.78 is 5.17. The molecule has 0 heterocycles. The van der Waals surface area contributed by atoms with E-state index in [4.69, 9.17) is 4.74 Å². The molecule has 0 radical (unpaired) electrons. The van der Waals surface area contributed by atoms with E-state index in [2.05, 4.69) is 16.0 Å². The van der Waals surface area contributed by atoms with E-state index in [1.54, 1.807) is 25.2 Å². The highest BCUT2D eigenvalue weighted by Crippen LogP contribution is 2.12. The molecule has 1 aromatic rings. The fourth-order valence-electron chi connectivity index (χ4n) is 1.78. The highest BCUT2D eigenvalue weighted by Gasteiger charge is 2.16. The number of amides is 2. The normalized spacial score (nSPS) is 12.2. The van der Waals surface area contributed by atoms with Crippen LogP contribution in [-0.2, 0) is 4.74 Å². The van der Waals surface area contributed by atoms with Crippen LogP contribution in [0.3, 0.4) is 0 Å². The molecule has 0 aliphatic heterocycles. The van der Waals surface area contributed by atoms with Gasteiger partial charge in [0.1, 0.15) is 5.60 Å². The van der Waals surface area contributed by atoms with Crippen molar-refractivity contribution in [3.05, 3.63) is 29.8 Å². The van der Waals surface area contributed by atoms with Crippen LogP contribution < -0.4 is 16.0 Å². The van der Waals surface area contributed by atoms with E-state index in [9.17, 15) is 9.59 Å². The van der Waals surface area contributed by atoms with Gasteiger partial charge in [-0.05, 0) is 45.9 Å². The van der Waals surface area contributed by atoms with Crippen molar-refractivity contribution in [1.82, 2.24) is 10.6 Å². The predicted octanol–water partition coefficient (Wildman–Crippen LogP) is 2.37. The average molecular weight is 307 g/mol. The van der Waals surface area contributed by atoms with Crippen LogP contribution in [-0.4, -0.2) is 37.2 Å². The minimum atomic E-state index is -0.511. The molecule has 22 heavy (non-hydrogen) atoms. The van der Waals surface area contributed by atoms with Crippen molar-refractivity contribution >= 4 is 17.7 Å². The number of hydrogen-bond donors (Lipinski definition) is 3. The van der Waals surface area contributed by atoms with E-state index >= 15 is 0 Å². The number of anilines is 1. The van der Waals surface area contributed by atoms with Gasteiger partial charge in [0, 0.05) is 30.9 Å². The summed E-state index contributed by atoms with van der Waals surface area (Å²) in [5, 5.41) is 8.52. The van der Waals surface area contributed by atoms with Crippen molar-refractivity contribution < 1.29 is 14.3 Å². The second-order valence-electron chi connectivity index (χ2n) is 6.09. The topological polar surface area (TPSA) is 79.5 Å². The summed E-state index contributed by atoms with van der Waals surface area (Å²) in [6.45, 7) is 7.80. The van der Waals surface area contributed by atoms with Crippen molar-refractivity contribution in [2.75, 3.05) is 18.9 Å². The van der Waals surface area contributed by atoms with Crippen molar-refractivity contribution in [3.63, 3.8) is 0 Å². The number of carbonyl (C=O) groups is 2. The lowest BCUT2D eigenvalue weighted by Crippen LogP contribution is -2.38. The van der Waals surface area contributed by atoms with Gasteiger partial charge in [0.2, 0.25) is 0 Å². The highest BCUT2D eigenvalue weighted by atomic mass is 16.6. The fraction of sp³-hybridized carbons (Fsp3) is 0.500. The maximum Gasteiger partial charge on any atom is 0.407 e. The third-order valence-electron chi connectivity index (χ3n) is 2.72. The molecule has 1 aromatic carbocycles. The lowest BCUT2D eigenvalue weighted by molar-refractivity contribution is 0.0526. The lowest BCUT2D eigenvalue weighted by Gasteiger charge is -2.21. The molecule has 0 spiro atoms. The van der Waals surface area contributed by atoms with Gasteiger partial charge in [-0.2, -0.15) is 0 Å². The van der Waals surface area contributed by atoms with E-state index in [-0.39, 0.29) is 11.9 Å². The molecule has 2 amide bonds. The van der Waals surface area contributed by atoms with Crippen molar-refractivity contribution in [1.29, 1.82) is 0 Å². The minimum Gasteiger partial charge on any atom is -0.444 e. The monoisotopic (exact) mass is 307 g/mol. The Morgan fingerprint density at radius 1 is 1.27 bits per heavy atom. The van der Waals surface area contributed by atoms with Crippen LogP contribution in [0, 0.1) is 0 Å². The zero-order valence-corrected chi connectivity index (χ0v) is 13.8.